The highest BCUT2D eigenvalue weighted by Gasteiger charge is 2.50. The van der Waals surface area contributed by atoms with Crippen LogP contribution in [0.5, 0.6) is 0 Å². The van der Waals surface area contributed by atoms with Gasteiger partial charge in [0.25, 0.3) is 0 Å². The van der Waals surface area contributed by atoms with Gasteiger partial charge in [0.2, 0.25) is 5.78 Å². The fourth-order valence-electron chi connectivity index (χ4n) is 1.19. The molecule has 0 spiro atoms. The highest BCUT2D eigenvalue weighted by Crippen LogP contribution is 2.32. The van der Waals surface area contributed by atoms with E-state index in [9.17, 15) is 22.4 Å². The Labute approximate surface area is 123 Å². The first-order chi connectivity index (χ1) is 8.82. The van der Waals surface area contributed by atoms with Crippen LogP contribution in [0.3, 0.4) is 0 Å². The van der Waals surface area contributed by atoms with E-state index in [-0.39, 0.29) is 5.70 Å². The molecule has 1 rings (SSSR count). The first-order valence-corrected chi connectivity index (χ1v) is 6.43. The molecule has 19 heavy (non-hydrogen) atoms. The van der Waals surface area contributed by atoms with Crippen LogP contribution < -0.4 is 4.34 Å². The molecular weight excluding hydrogens is 398 g/mol. The molecule has 8 heteroatoms. The fraction of sp³-hybridized carbons (Fsp3) is 0.182. The molecular formula is C11H7Br2F4NO. The molecule has 0 unspecified atom stereocenters. The molecule has 0 aromatic heterocycles. The van der Waals surface area contributed by atoms with Gasteiger partial charge in [-0.2, -0.15) is 8.78 Å². The van der Waals surface area contributed by atoms with Gasteiger partial charge in [0, 0.05) is 16.1 Å². The van der Waals surface area contributed by atoms with Crippen LogP contribution in [0.2, 0.25) is 0 Å². The normalized spacial score (nSPS) is 13.2. The van der Waals surface area contributed by atoms with Crippen LogP contribution in [0, 0.1) is 0 Å². The van der Waals surface area contributed by atoms with E-state index in [1.54, 1.807) is 18.2 Å². The van der Waals surface area contributed by atoms with Crippen molar-refractivity contribution in [1.29, 1.82) is 0 Å². The summed E-state index contributed by atoms with van der Waals surface area (Å²) in [5.41, 5.74) is 0.315. The lowest BCUT2D eigenvalue weighted by Crippen LogP contribution is -2.37. The van der Waals surface area contributed by atoms with Crippen LogP contribution in [0.1, 0.15) is 5.56 Å². The SMILES string of the molecule is O=C(C(Br)=C(NBr)c1ccccc1)C(F)(F)C(F)F. The van der Waals surface area contributed by atoms with E-state index in [1.807, 2.05) is 0 Å². The highest BCUT2D eigenvalue weighted by atomic mass is 79.9. The van der Waals surface area contributed by atoms with Crippen LogP contribution in [-0.2, 0) is 4.79 Å². The van der Waals surface area contributed by atoms with Gasteiger partial charge >= 0.3 is 12.3 Å². The lowest BCUT2D eigenvalue weighted by Gasteiger charge is -2.15. The highest BCUT2D eigenvalue weighted by molar-refractivity contribution is 9.12. The lowest BCUT2D eigenvalue weighted by atomic mass is 10.1. The predicted octanol–water partition coefficient (Wildman–Crippen LogP) is 4.12. The van der Waals surface area contributed by atoms with E-state index >= 15 is 0 Å². The average molecular weight is 405 g/mol. The van der Waals surface area contributed by atoms with Crippen molar-refractivity contribution in [3.63, 3.8) is 0 Å². The second kappa shape index (κ2) is 6.51. The topological polar surface area (TPSA) is 29.1 Å². The van der Waals surface area contributed by atoms with Crippen LogP contribution >= 0.6 is 32.1 Å². The molecule has 0 aliphatic carbocycles. The Balaban J connectivity index is 3.24. The molecule has 0 heterocycles. The molecule has 1 aromatic carbocycles. The van der Waals surface area contributed by atoms with Gasteiger partial charge in [-0.05, 0) is 21.5 Å². The maximum atomic E-state index is 13.0. The Morgan fingerprint density at radius 1 is 1.21 bits per heavy atom. The number of allylic oxidation sites excluding steroid dienone is 1. The number of rotatable bonds is 5. The maximum Gasteiger partial charge on any atom is 0.369 e. The summed E-state index contributed by atoms with van der Waals surface area (Å²) in [4.78, 5) is 11.4. The third-order valence-electron chi connectivity index (χ3n) is 2.15. The molecule has 0 radical (unpaired) electrons. The van der Waals surface area contributed by atoms with Gasteiger partial charge < -0.3 is 4.34 Å². The first-order valence-electron chi connectivity index (χ1n) is 4.85. The Hall–Kier alpha value is -0.890. The molecule has 0 saturated heterocycles. The number of benzene rings is 1. The molecule has 0 saturated carbocycles. The van der Waals surface area contributed by atoms with E-state index in [1.165, 1.54) is 12.1 Å². The van der Waals surface area contributed by atoms with Crippen molar-refractivity contribution in [2.75, 3.05) is 0 Å². The third-order valence-corrected chi connectivity index (χ3v) is 3.31. The summed E-state index contributed by atoms with van der Waals surface area (Å²) >= 11 is 5.44. The van der Waals surface area contributed by atoms with E-state index in [0.29, 0.717) is 5.56 Å². The fourth-order valence-corrected chi connectivity index (χ4v) is 2.47. The van der Waals surface area contributed by atoms with Crippen LogP contribution in [0.25, 0.3) is 5.70 Å². The summed E-state index contributed by atoms with van der Waals surface area (Å²) in [7, 11) is 0. The van der Waals surface area contributed by atoms with Gasteiger partial charge in [0.05, 0.1) is 10.2 Å². The van der Waals surface area contributed by atoms with Crippen molar-refractivity contribution in [1.82, 2.24) is 4.34 Å². The summed E-state index contributed by atoms with van der Waals surface area (Å²) in [5, 5.41) is 0. The van der Waals surface area contributed by atoms with Crippen molar-refractivity contribution < 1.29 is 22.4 Å². The number of hydrogen-bond donors (Lipinski definition) is 1. The summed E-state index contributed by atoms with van der Waals surface area (Å²) in [6.07, 6.45) is -4.07. The molecule has 0 fully saturated rings. The van der Waals surface area contributed by atoms with Gasteiger partial charge in [-0.1, -0.05) is 30.3 Å². The molecule has 2 nitrogen and oxygen atoms in total. The first kappa shape index (κ1) is 16.2. The summed E-state index contributed by atoms with van der Waals surface area (Å²) < 4.78 is 52.0. The van der Waals surface area contributed by atoms with Gasteiger partial charge in [0.1, 0.15) is 0 Å². The van der Waals surface area contributed by atoms with Crippen molar-refractivity contribution in [2.24, 2.45) is 0 Å². The lowest BCUT2D eigenvalue weighted by molar-refractivity contribution is -0.161. The second-order valence-electron chi connectivity index (χ2n) is 3.40. The van der Waals surface area contributed by atoms with Gasteiger partial charge in [-0.15, -0.1) is 0 Å². The number of ketones is 1. The molecule has 0 atom stereocenters. The number of Topliss-reactive ketones (excluding diaryl/α,β-unsaturated/α-hetero) is 1. The molecule has 0 aliphatic heterocycles. The number of carbonyl (C=O) groups excluding carboxylic acids is 1. The van der Waals surface area contributed by atoms with Crippen LogP contribution in [-0.4, -0.2) is 18.1 Å². The van der Waals surface area contributed by atoms with E-state index in [0.717, 1.165) is 0 Å². The minimum absolute atomic E-state index is 0.0640. The predicted molar refractivity (Wildman–Crippen MR) is 70.3 cm³/mol. The Morgan fingerprint density at radius 2 is 1.74 bits per heavy atom. The Morgan fingerprint density at radius 3 is 2.16 bits per heavy atom. The number of alkyl halides is 4. The molecule has 0 aliphatic rings. The second-order valence-corrected chi connectivity index (χ2v) is 4.59. The van der Waals surface area contributed by atoms with Crippen molar-refractivity contribution in [3.05, 3.63) is 40.4 Å². The molecule has 1 aromatic rings. The molecule has 0 bridgehead atoms. The van der Waals surface area contributed by atoms with E-state index in [2.05, 4.69) is 36.4 Å². The van der Waals surface area contributed by atoms with Gasteiger partial charge in [-0.3, -0.25) is 4.79 Å². The molecule has 104 valence electrons. The van der Waals surface area contributed by atoms with Gasteiger partial charge in [-0.25, -0.2) is 8.78 Å². The summed E-state index contributed by atoms with van der Waals surface area (Å²) in [6.45, 7) is 0. The van der Waals surface area contributed by atoms with Crippen LogP contribution in [0.4, 0.5) is 17.6 Å². The maximum absolute atomic E-state index is 13.0. The Kier molecular flexibility index (Phi) is 5.54. The Bertz CT molecular complexity index is 491. The average Bonchev–Trinajstić information content (AvgIpc) is 2.39. The number of carbonyl (C=O) groups is 1. The van der Waals surface area contributed by atoms with E-state index in [4.69, 9.17) is 0 Å². The van der Waals surface area contributed by atoms with Crippen molar-refractivity contribution in [3.8, 4) is 0 Å². The van der Waals surface area contributed by atoms with Gasteiger partial charge in [0.15, 0.2) is 0 Å². The number of nitrogens with one attached hydrogen (secondary N) is 1. The third kappa shape index (κ3) is 3.56. The van der Waals surface area contributed by atoms with Crippen molar-refractivity contribution in [2.45, 2.75) is 12.3 Å². The standard InChI is InChI=1S/C11H7Br2F4NO/c12-7(9(19)11(16,17)10(14)15)8(18-13)6-4-2-1-3-5-6/h1-5,10,18H. The summed E-state index contributed by atoms with van der Waals surface area (Å²) in [5.74, 6) is -6.74. The number of halogens is 6. The minimum Gasteiger partial charge on any atom is -0.321 e. The number of hydrogen-bond acceptors (Lipinski definition) is 2. The molecule has 1 N–H and O–H groups in total. The minimum atomic E-state index is -4.75. The zero-order valence-corrected chi connectivity index (χ0v) is 12.3. The monoisotopic (exact) mass is 403 g/mol. The van der Waals surface area contributed by atoms with Crippen molar-refractivity contribution >= 4 is 43.6 Å². The zero-order valence-electron chi connectivity index (χ0n) is 9.14. The zero-order chi connectivity index (χ0) is 14.6. The molecule has 0 amide bonds. The van der Waals surface area contributed by atoms with Crippen LogP contribution in [0.15, 0.2) is 34.8 Å². The van der Waals surface area contributed by atoms with E-state index < -0.39 is 22.6 Å². The largest absolute Gasteiger partial charge is 0.369 e. The smallest absolute Gasteiger partial charge is 0.321 e. The quantitative estimate of drug-likeness (QED) is 0.454. The summed E-state index contributed by atoms with van der Waals surface area (Å²) in [6, 6.07) is 7.95.